The van der Waals surface area contributed by atoms with Crippen molar-refractivity contribution in [2.45, 2.75) is 32.4 Å². The molecule has 0 radical (unpaired) electrons. The van der Waals surface area contributed by atoms with Crippen LogP contribution < -0.4 is 10.6 Å². The maximum absolute atomic E-state index is 11.4. The molecule has 7 heteroatoms. The van der Waals surface area contributed by atoms with E-state index in [1.54, 1.807) is 6.07 Å². The van der Waals surface area contributed by atoms with Crippen molar-refractivity contribution in [1.82, 2.24) is 9.97 Å². The number of halogens is 1. The molecule has 0 aliphatic carbocycles. The highest BCUT2D eigenvalue weighted by Crippen LogP contribution is 2.25. The fourth-order valence-electron chi connectivity index (χ4n) is 2.19. The van der Waals surface area contributed by atoms with Gasteiger partial charge in [-0.25, -0.2) is 9.97 Å². The maximum Gasteiger partial charge on any atom is 0.240 e. The number of anilines is 1. The number of aromatic nitrogens is 2. The summed E-state index contributed by atoms with van der Waals surface area (Å²) in [5.41, 5.74) is 5.40. The number of nitrogens with two attached hydrogens (primary N) is 1. The zero-order chi connectivity index (χ0) is 13.8. The predicted molar refractivity (Wildman–Crippen MR) is 71.9 cm³/mol. The normalized spacial score (nSPS) is 18.8. The number of primary amides is 1. The Morgan fingerprint density at radius 1 is 1.63 bits per heavy atom. The molecule has 1 saturated heterocycles. The smallest absolute Gasteiger partial charge is 0.240 e. The van der Waals surface area contributed by atoms with Gasteiger partial charge in [0, 0.05) is 19.2 Å². The SMILES string of the molecule is CCOCc1nc(Cl)cc(N2CCCC2C(N)=O)n1. The molecule has 1 aromatic rings. The molecule has 1 aromatic heterocycles. The van der Waals surface area contributed by atoms with Crippen molar-refractivity contribution < 1.29 is 9.53 Å². The van der Waals surface area contributed by atoms with E-state index < -0.39 is 0 Å². The van der Waals surface area contributed by atoms with E-state index >= 15 is 0 Å². The zero-order valence-electron chi connectivity index (χ0n) is 10.8. The first kappa shape index (κ1) is 14.0. The fraction of sp³-hybridized carbons (Fsp3) is 0.583. The molecular formula is C12H17ClN4O2. The van der Waals surface area contributed by atoms with Crippen LogP contribution in [0.4, 0.5) is 5.82 Å². The highest BCUT2D eigenvalue weighted by molar-refractivity contribution is 6.29. The van der Waals surface area contributed by atoms with E-state index in [0.717, 1.165) is 19.4 Å². The van der Waals surface area contributed by atoms with Gasteiger partial charge in [0.15, 0.2) is 5.82 Å². The molecule has 0 aromatic carbocycles. The van der Waals surface area contributed by atoms with Gasteiger partial charge in [0.05, 0.1) is 0 Å². The van der Waals surface area contributed by atoms with E-state index in [1.807, 2.05) is 11.8 Å². The van der Waals surface area contributed by atoms with E-state index in [0.29, 0.717) is 30.0 Å². The van der Waals surface area contributed by atoms with Crippen molar-refractivity contribution in [2.24, 2.45) is 5.73 Å². The summed E-state index contributed by atoms with van der Waals surface area (Å²) in [7, 11) is 0. The minimum absolute atomic E-state index is 0.305. The summed E-state index contributed by atoms with van der Waals surface area (Å²) in [6.45, 7) is 3.53. The van der Waals surface area contributed by atoms with E-state index in [9.17, 15) is 4.79 Å². The summed E-state index contributed by atoms with van der Waals surface area (Å²) in [4.78, 5) is 21.8. The Kier molecular flexibility index (Phi) is 4.55. The van der Waals surface area contributed by atoms with Gasteiger partial charge in [-0.1, -0.05) is 11.6 Å². The number of hydrogen-bond acceptors (Lipinski definition) is 5. The van der Waals surface area contributed by atoms with Crippen LogP contribution in [0.1, 0.15) is 25.6 Å². The molecule has 6 nitrogen and oxygen atoms in total. The molecule has 1 aliphatic rings. The van der Waals surface area contributed by atoms with Crippen molar-refractivity contribution in [3.63, 3.8) is 0 Å². The van der Waals surface area contributed by atoms with Gasteiger partial charge in [-0.2, -0.15) is 0 Å². The number of nitrogens with zero attached hydrogens (tertiary/aromatic N) is 3. The van der Waals surface area contributed by atoms with Crippen LogP contribution in [0.2, 0.25) is 5.15 Å². The van der Waals surface area contributed by atoms with Gasteiger partial charge in [0.25, 0.3) is 0 Å². The standard InChI is InChI=1S/C12H17ClN4O2/c1-2-19-7-10-15-9(13)6-11(16-10)17-5-3-4-8(17)12(14)18/h6,8H,2-5,7H2,1H3,(H2,14,18). The van der Waals surface area contributed by atoms with Gasteiger partial charge in [0.1, 0.15) is 23.6 Å². The molecule has 1 atom stereocenters. The molecule has 0 bridgehead atoms. The van der Waals surface area contributed by atoms with Gasteiger partial charge in [0.2, 0.25) is 5.91 Å². The highest BCUT2D eigenvalue weighted by Gasteiger charge is 2.30. The van der Waals surface area contributed by atoms with Crippen LogP contribution in [0.3, 0.4) is 0 Å². The number of amides is 1. The van der Waals surface area contributed by atoms with Crippen LogP contribution in [0.25, 0.3) is 0 Å². The first-order valence-corrected chi connectivity index (χ1v) is 6.66. The van der Waals surface area contributed by atoms with E-state index in [2.05, 4.69) is 9.97 Å². The quantitative estimate of drug-likeness (QED) is 0.820. The molecule has 1 aliphatic heterocycles. The Morgan fingerprint density at radius 3 is 3.11 bits per heavy atom. The number of carbonyl (C=O) groups is 1. The second kappa shape index (κ2) is 6.16. The topological polar surface area (TPSA) is 81.3 Å². The molecule has 2 rings (SSSR count). The lowest BCUT2D eigenvalue weighted by Gasteiger charge is -2.23. The predicted octanol–water partition coefficient (Wildman–Crippen LogP) is 1.12. The zero-order valence-corrected chi connectivity index (χ0v) is 11.6. The summed E-state index contributed by atoms with van der Waals surface area (Å²) in [6, 6.07) is 1.34. The van der Waals surface area contributed by atoms with Crippen LogP contribution in [0.5, 0.6) is 0 Å². The Bertz CT molecular complexity index is 469. The molecule has 1 unspecified atom stereocenters. The van der Waals surface area contributed by atoms with Crippen molar-refractivity contribution in [3.8, 4) is 0 Å². The minimum atomic E-state index is -0.335. The largest absolute Gasteiger partial charge is 0.374 e. The molecule has 0 saturated carbocycles. The Labute approximate surface area is 116 Å². The first-order chi connectivity index (χ1) is 9.11. The summed E-state index contributed by atoms with van der Waals surface area (Å²) in [5, 5.41) is 0.342. The summed E-state index contributed by atoms with van der Waals surface area (Å²) in [6.07, 6.45) is 1.66. The monoisotopic (exact) mass is 284 g/mol. The lowest BCUT2D eigenvalue weighted by atomic mass is 10.2. The first-order valence-electron chi connectivity index (χ1n) is 6.29. The van der Waals surface area contributed by atoms with Crippen molar-refractivity contribution in [1.29, 1.82) is 0 Å². The molecule has 19 heavy (non-hydrogen) atoms. The van der Waals surface area contributed by atoms with Crippen molar-refractivity contribution in [2.75, 3.05) is 18.1 Å². The summed E-state index contributed by atoms with van der Waals surface area (Å²) in [5.74, 6) is 0.814. The molecule has 1 amide bonds. The lowest BCUT2D eigenvalue weighted by molar-refractivity contribution is -0.119. The third kappa shape index (κ3) is 3.33. The third-order valence-electron chi connectivity index (χ3n) is 3.04. The molecule has 0 spiro atoms. The Hall–Kier alpha value is -1.40. The highest BCUT2D eigenvalue weighted by atomic mass is 35.5. The van der Waals surface area contributed by atoms with Gasteiger partial charge in [-0.15, -0.1) is 0 Å². The molecule has 2 N–H and O–H groups in total. The Balaban J connectivity index is 2.23. The average Bonchev–Trinajstić information content (AvgIpc) is 2.85. The number of ether oxygens (including phenoxy) is 1. The second-order valence-corrected chi connectivity index (χ2v) is 4.74. The van der Waals surface area contributed by atoms with Crippen LogP contribution in [-0.2, 0) is 16.1 Å². The fourth-order valence-corrected chi connectivity index (χ4v) is 2.39. The van der Waals surface area contributed by atoms with Gasteiger partial charge in [-0.05, 0) is 19.8 Å². The number of carbonyl (C=O) groups excluding carboxylic acids is 1. The van der Waals surface area contributed by atoms with E-state index in [1.165, 1.54) is 0 Å². The molecular weight excluding hydrogens is 268 g/mol. The van der Waals surface area contributed by atoms with Gasteiger partial charge < -0.3 is 15.4 Å². The van der Waals surface area contributed by atoms with E-state index in [-0.39, 0.29) is 11.9 Å². The van der Waals surface area contributed by atoms with Crippen LogP contribution in [0, 0.1) is 0 Å². The van der Waals surface area contributed by atoms with Crippen molar-refractivity contribution in [3.05, 3.63) is 17.0 Å². The molecule has 2 heterocycles. The van der Waals surface area contributed by atoms with Crippen LogP contribution in [-0.4, -0.2) is 35.1 Å². The van der Waals surface area contributed by atoms with E-state index in [4.69, 9.17) is 22.1 Å². The lowest BCUT2D eigenvalue weighted by Crippen LogP contribution is -2.40. The van der Waals surface area contributed by atoms with Crippen LogP contribution in [0.15, 0.2) is 6.07 Å². The van der Waals surface area contributed by atoms with Crippen molar-refractivity contribution >= 4 is 23.3 Å². The minimum Gasteiger partial charge on any atom is -0.374 e. The van der Waals surface area contributed by atoms with Gasteiger partial charge >= 0.3 is 0 Å². The number of rotatable bonds is 5. The average molecular weight is 285 g/mol. The summed E-state index contributed by atoms with van der Waals surface area (Å²) < 4.78 is 5.27. The molecule has 1 fully saturated rings. The number of hydrogen-bond donors (Lipinski definition) is 1. The van der Waals surface area contributed by atoms with Gasteiger partial charge in [-0.3, -0.25) is 4.79 Å². The summed E-state index contributed by atoms with van der Waals surface area (Å²) >= 11 is 5.99. The van der Waals surface area contributed by atoms with Crippen LogP contribution >= 0.6 is 11.6 Å². The molecule has 104 valence electrons. The second-order valence-electron chi connectivity index (χ2n) is 4.36. The maximum atomic E-state index is 11.4. The third-order valence-corrected chi connectivity index (χ3v) is 3.23. The Morgan fingerprint density at radius 2 is 2.42 bits per heavy atom.